The van der Waals surface area contributed by atoms with Crippen LogP contribution >= 0.6 is 0 Å². The molecule has 3 N–H and O–H groups in total. The lowest BCUT2D eigenvalue weighted by Gasteiger charge is -2.37. The Balaban J connectivity index is 1.39. The van der Waals surface area contributed by atoms with Crippen molar-refractivity contribution in [1.82, 2.24) is 14.8 Å². The minimum atomic E-state index is -3.62. The summed E-state index contributed by atoms with van der Waals surface area (Å²) in [5.74, 6) is 0.889. The van der Waals surface area contributed by atoms with Crippen LogP contribution in [-0.2, 0) is 15.6 Å². The Morgan fingerprint density at radius 1 is 1.23 bits per heavy atom. The maximum Gasteiger partial charge on any atom is 0.273 e. The number of hydrogen-bond donors (Lipinski definition) is 2. The fourth-order valence-electron chi connectivity index (χ4n) is 4.05. The van der Waals surface area contributed by atoms with E-state index in [0.29, 0.717) is 25.3 Å². The molecule has 31 heavy (non-hydrogen) atoms. The Labute approximate surface area is 183 Å². The van der Waals surface area contributed by atoms with Crippen LogP contribution in [0.5, 0.6) is 0 Å². The normalized spacial score (nSPS) is 23.0. The number of piperidine rings is 1. The van der Waals surface area contributed by atoms with Crippen molar-refractivity contribution in [2.45, 2.75) is 74.9 Å². The minimum Gasteiger partial charge on any atom is -0.360 e. The third kappa shape index (κ3) is 4.68. The molecular weight excluding hydrogens is 416 g/mol. The van der Waals surface area contributed by atoms with Crippen molar-refractivity contribution < 1.29 is 17.7 Å². The third-order valence-corrected chi connectivity index (χ3v) is 8.12. The van der Waals surface area contributed by atoms with Crippen LogP contribution in [-0.4, -0.2) is 42.4 Å². The highest BCUT2D eigenvalue weighted by atomic mass is 32.2. The lowest BCUT2D eigenvalue weighted by molar-refractivity contribution is 0.0905. The first-order valence-electron chi connectivity index (χ1n) is 10.7. The van der Waals surface area contributed by atoms with Crippen molar-refractivity contribution in [3.8, 4) is 0 Å². The number of amides is 1. The number of sulfonamides is 1. The van der Waals surface area contributed by atoms with Gasteiger partial charge >= 0.3 is 0 Å². The zero-order valence-corrected chi connectivity index (χ0v) is 19.0. The number of nitrogens with zero attached hydrogens (tertiary/aromatic N) is 2. The van der Waals surface area contributed by atoms with Gasteiger partial charge in [0.15, 0.2) is 5.69 Å². The van der Waals surface area contributed by atoms with Gasteiger partial charge in [-0.25, -0.2) is 8.42 Å². The van der Waals surface area contributed by atoms with Crippen LogP contribution in [0.3, 0.4) is 0 Å². The van der Waals surface area contributed by atoms with E-state index in [2.05, 4.69) is 10.5 Å². The highest BCUT2D eigenvalue weighted by Crippen LogP contribution is 2.40. The second-order valence-electron chi connectivity index (χ2n) is 9.29. The van der Waals surface area contributed by atoms with Gasteiger partial charge in [0.05, 0.1) is 4.90 Å². The predicted molar refractivity (Wildman–Crippen MR) is 116 cm³/mol. The number of nitrogens with two attached hydrogens (primary N) is 1. The van der Waals surface area contributed by atoms with E-state index in [4.69, 9.17) is 10.3 Å². The molecule has 0 radical (unpaired) electrons. The number of carbonyl (C=O) groups excluding carboxylic acids is 1. The molecular formula is C22H30N4O4S. The van der Waals surface area contributed by atoms with E-state index in [1.165, 1.54) is 4.31 Å². The van der Waals surface area contributed by atoms with Crippen LogP contribution in [0.1, 0.15) is 74.2 Å². The SMILES string of the molecule is C[C@H]1C[C@@H](NC(=O)c2cc(C3CC3)on2)CCN1S(=O)(=O)c1ccc(C(C)(C)N)cc1. The Morgan fingerprint density at radius 3 is 2.48 bits per heavy atom. The van der Waals surface area contributed by atoms with E-state index < -0.39 is 15.6 Å². The Kier molecular flexibility index (Phi) is 5.70. The van der Waals surface area contributed by atoms with Crippen LogP contribution in [0.15, 0.2) is 39.8 Å². The third-order valence-electron chi connectivity index (χ3n) is 6.10. The fourth-order valence-corrected chi connectivity index (χ4v) is 5.70. The van der Waals surface area contributed by atoms with Crippen LogP contribution in [0.4, 0.5) is 0 Å². The topological polar surface area (TPSA) is 119 Å². The Morgan fingerprint density at radius 2 is 1.90 bits per heavy atom. The number of carbonyl (C=O) groups is 1. The number of hydrogen-bond acceptors (Lipinski definition) is 6. The molecule has 1 aromatic carbocycles. The average Bonchev–Trinajstić information content (AvgIpc) is 3.43. The summed E-state index contributed by atoms with van der Waals surface area (Å²) in [6.45, 7) is 5.96. The summed E-state index contributed by atoms with van der Waals surface area (Å²) >= 11 is 0. The summed E-state index contributed by atoms with van der Waals surface area (Å²) in [5, 5.41) is 6.86. The van der Waals surface area contributed by atoms with Gasteiger partial charge in [0.25, 0.3) is 5.91 Å². The molecule has 0 unspecified atom stereocenters. The molecule has 2 aromatic rings. The molecule has 0 bridgehead atoms. The molecule has 2 atom stereocenters. The van der Waals surface area contributed by atoms with Gasteiger partial charge in [-0.2, -0.15) is 4.31 Å². The monoisotopic (exact) mass is 446 g/mol. The summed E-state index contributed by atoms with van der Waals surface area (Å²) < 4.78 is 33.1. The van der Waals surface area contributed by atoms with Crippen LogP contribution in [0.2, 0.25) is 0 Å². The number of aromatic nitrogens is 1. The van der Waals surface area contributed by atoms with Crippen molar-refractivity contribution in [2.24, 2.45) is 5.73 Å². The van der Waals surface area contributed by atoms with E-state index in [1.54, 1.807) is 30.3 Å². The average molecular weight is 447 g/mol. The lowest BCUT2D eigenvalue weighted by Crippen LogP contribution is -2.50. The highest BCUT2D eigenvalue weighted by molar-refractivity contribution is 7.89. The van der Waals surface area contributed by atoms with Gasteiger partial charge in [-0.1, -0.05) is 17.3 Å². The van der Waals surface area contributed by atoms with Gasteiger partial charge in [0, 0.05) is 36.2 Å². The predicted octanol–water partition coefficient (Wildman–Crippen LogP) is 2.72. The number of rotatable bonds is 6. The van der Waals surface area contributed by atoms with Crippen LogP contribution in [0, 0.1) is 0 Å². The van der Waals surface area contributed by atoms with Gasteiger partial charge in [0.1, 0.15) is 5.76 Å². The van der Waals surface area contributed by atoms with E-state index >= 15 is 0 Å². The highest BCUT2D eigenvalue weighted by Gasteiger charge is 2.36. The molecule has 8 nitrogen and oxygen atoms in total. The number of nitrogens with one attached hydrogen (secondary N) is 1. The van der Waals surface area contributed by atoms with Gasteiger partial charge < -0.3 is 15.6 Å². The molecule has 1 aliphatic carbocycles. The molecule has 4 rings (SSSR count). The van der Waals surface area contributed by atoms with Gasteiger partial charge in [-0.3, -0.25) is 4.79 Å². The molecule has 2 heterocycles. The summed E-state index contributed by atoms with van der Waals surface area (Å²) in [6, 6.07) is 8.10. The smallest absolute Gasteiger partial charge is 0.273 e. The summed E-state index contributed by atoms with van der Waals surface area (Å²) in [7, 11) is -3.62. The van der Waals surface area contributed by atoms with Crippen molar-refractivity contribution in [2.75, 3.05) is 6.54 Å². The molecule has 1 saturated heterocycles. The van der Waals surface area contributed by atoms with Gasteiger partial charge in [-0.15, -0.1) is 0 Å². The van der Waals surface area contributed by atoms with Crippen molar-refractivity contribution >= 4 is 15.9 Å². The van der Waals surface area contributed by atoms with Gasteiger partial charge in [0.2, 0.25) is 10.0 Å². The Bertz CT molecular complexity index is 1050. The fraction of sp³-hybridized carbons (Fsp3) is 0.545. The zero-order valence-electron chi connectivity index (χ0n) is 18.2. The first-order chi connectivity index (χ1) is 14.6. The van der Waals surface area contributed by atoms with E-state index in [-0.39, 0.29) is 28.6 Å². The summed E-state index contributed by atoms with van der Waals surface area (Å²) in [6.07, 6.45) is 3.23. The van der Waals surface area contributed by atoms with E-state index in [0.717, 1.165) is 24.2 Å². The summed E-state index contributed by atoms with van der Waals surface area (Å²) in [4.78, 5) is 12.8. The molecule has 168 valence electrons. The standard InChI is InChI=1S/C22H30N4O4S/c1-14-12-17(24-21(27)19-13-20(30-25-19)15-4-5-15)10-11-26(14)31(28,29)18-8-6-16(7-9-18)22(2,3)23/h6-9,13-15,17H,4-5,10-12,23H2,1-3H3,(H,24,27)/t14-,17-/m0/s1. The lowest BCUT2D eigenvalue weighted by atomic mass is 9.96. The van der Waals surface area contributed by atoms with Crippen molar-refractivity contribution in [1.29, 1.82) is 0 Å². The second kappa shape index (κ2) is 8.03. The first kappa shape index (κ1) is 22.0. The van der Waals surface area contributed by atoms with Crippen LogP contribution in [0.25, 0.3) is 0 Å². The second-order valence-corrected chi connectivity index (χ2v) is 11.2. The molecule has 1 saturated carbocycles. The quantitative estimate of drug-likeness (QED) is 0.704. The molecule has 1 aromatic heterocycles. The van der Waals surface area contributed by atoms with Crippen LogP contribution < -0.4 is 11.1 Å². The zero-order chi connectivity index (χ0) is 22.4. The van der Waals surface area contributed by atoms with E-state index in [1.807, 2.05) is 20.8 Å². The Hall–Kier alpha value is -2.23. The van der Waals surface area contributed by atoms with Gasteiger partial charge in [-0.05, 0) is 64.2 Å². The van der Waals surface area contributed by atoms with Crippen molar-refractivity contribution in [3.05, 3.63) is 47.3 Å². The molecule has 1 aliphatic heterocycles. The summed E-state index contributed by atoms with van der Waals surface area (Å²) in [5.41, 5.74) is 6.72. The molecule has 1 amide bonds. The largest absolute Gasteiger partial charge is 0.360 e. The van der Waals surface area contributed by atoms with Crippen molar-refractivity contribution in [3.63, 3.8) is 0 Å². The van der Waals surface area contributed by atoms with E-state index in [9.17, 15) is 13.2 Å². The maximum atomic E-state index is 13.2. The first-order valence-corrected chi connectivity index (χ1v) is 12.2. The molecule has 9 heteroatoms. The molecule has 0 spiro atoms. The molecule has 2 fully saturated rings. The number of benzene rings is 1. The molecule has 2 aliphatic rings. The minimum absolute atomic E-state index is 0.115. The maximum absolute atomic E-state index is 13.2.